The van der Waals surface area contributed by atoms with Gasteiger partial charge in [-0.05, 0) is 12.1 Å². The van der Waals surface area contributed by atoms with Gasteiger partial charge in [-0.15, -0.1) is 0 Å². The van der Waals surface area contributed by atoms with E-state index in [4.69, 9.17) is 4.74 Å². The van der Waals surface area contributed by atoms with Crippen LogP contribution in [0.15, 0.2) is 36.7 Å². The van der Waals surface area contributed by atoms with E-state index >= 15 is 0 Å². The van der Waals surface area contributed by atoms with Gasteiger partial charge >= 0.3 is 6.03 Å². The maximum absolute atomic E-state index is 14.5. The molecule has 1 fully saturated rings. The van der Waals surface area contributed by atoms with Gasteiger partial charge in [0.15, 0.2) is 0 Å². The van der Waals surface area contributed by atoms with E-state index in [1.54, 1.807) is 12.1 Å². The fourth-order valence-corrected chi connectivity index (χ4v) is 3.04. The monoisotopic (exact) mass is 376 g/mol. The highest BCUT2D eigenvalue weighted by Gasteiger charge is 2.35. The Morgan fingerprint density at radius 3 is 2.56 bits per heavy atom. The van der Waals surface area contributed by atoms with E-state index in [0.717, 1.165) is 12.1 Å². The van der Waals surface area contributed by atoms with Crippen molar-refractivity contribution in [2.45, 2.75) is 18.4 Å². The number of rotatable bonds is 4. The lowest BCUT2D eigenvalue weighted by molar-refractivity contribution is -0.123. The fourth-order valence-electron chi connectivity index (χ4n) is 3.04. The summed E-state index contributed by atoms with van der Waals surface area (Å²) in [6.45, 7) is 0.0537. The van der Waals surface area contributed by atoms with Crippen LogP contribution in [0.5, 0.6) is 5.75 Å². The topological polar surface area (TPSA) is 92.4 Å². The van der Waals surface area contributed by atoms with Crippen molar-refractivity contribution >= 4 is 17.6 Å². The molecule has 9 heteroatoms. The van der Waals surface area contributed by atoms with Gasteiger partial charge in [-0.1, -0.05) is 0 Å². The van der Waals surface area contributed by atoms with Crippen LogP contribution in [0.25, 0.3) is 0 Å². The molecule has 1 aliphatic heterocycles. The van der Waals surface area contributed by atoms with Crippen LogP contribution in [-0.2, 0) is 4.79 Å². The third-order valence-corrected chi connectivity index (χ3v) is 4.32. The van der Waals surface area contributed by atoms with Crippen molar-refractivity contribution in [1.82, 2.24) is 15.6 Å². The zero-order valence-corrected chi connectivity index (χ0v) is 14.5. The van der Waals surface area contributed by atoms with Crippen LogP contribution >= 0.6 is 0 Å². The molecule has 142 valence electrons. The number of hydrogen-bond donors (Lipinski definition) is 3. The lowest BCUT2D eigenvalue weighted by atomic mass is 9.85. The van der Waals surface area contributed by atoms with Crippen LogP contribution < -0.4 is 20.7 Å². The van der Waals surface area contributed by atoms with E-state index in [2.05, 4.69) is 20.9 Å². The molecular formula is C18H18F2N4O3. The quantitative estimate of drug-likeness (QED) is 0.763. The zero-order valence-electron chi connectivity index (χ0n) is 14.5. The molecule has 2 aromatic rings. The van der Waals surface area contributed by atoms with E-state index in [-0.39, 0.29) is 30.2 Å². The molecule has 7 nitrogen and oxygen atoms in total. The first-order valence-corrected chi connectivity index (χ1v) is 8.25. The number of amides is 3. The number of ether oxygens (including phenoxy) is 1. The van der Waals surface area contributed by atoms with Gasteiger partial charge in [-0.25, -0.2) is 13.6 Å². The van der Waals surface area contributed by atoms with Crippen LogP contribution in [0.1, 0.15) is 17.9 Å². The van der Waals surface area contributed by atoms with Crippen molar-refractivity contribution < 1.29 is 23.1 Å². The Bertz CT molecular complexity index is 825. The average molecular weight is 376 g/mol. The molecule has 0 spiro atoms. The molecule has 0 unspecified atom stereocenters. The number of methoxy groups -OCH3 is 1. The highest BCUT2D eigenvalue weighted by Crippen LogP contribution is 2.33. The second-order valence-corrected chi connectivity index (χ2v) is 6.06. The Morgan fingerprint density at radius 1 is 1.26 bits per heavy atom. The summed E-state index contributed by atoms with van der Waals surface area (Å²) in [5, 5.41) is 7.88. The number of aromatic nitrogens is 1. The summed E-state index contributed by atoms with van der Waals surface area (Å²) in [5.74, 6) is -2.82. The summed E-state index contributed by atoms with van der Waals surface area (Å²) in [4.78, 5) is 27.9. The molecule has 1 aromatic carbocycles. The summed E-state index contributed by atoms with van der Waals surface area (Å²) in [6, 6.07) is 4.06. The van der Waals surface area contributed by atoms with Crippen molar-refractivity contribution in [3.63, 3.8) is 0 Å². The lowest BCUT2D eigenvalue weighted by Gasteiger charge is -2.33. The Balaban J connectivity index is 1.81. The van der Waals surface area contributed by atoms with Crippen molar-refractivity contribution in [2.75, 3.05) is 19.0 Å². The molecule has 2 atom stereocenters. The second kappa shape index (κ2) is 7.98. The zero-order chi connectivity index (χ0) is 19.4. The van der Waals surface area contributed by atoms with Crippen molar-refractivity contribution in [1.29, 1.82) is 0 Å². The fraction of sp³-hybridized carbons (Fsp3) is 0.278. The van der Waals surface area contributed by atoms with Crippen LogP contribution in [0, 0.1) is 11.6 Å². The normalized spacial score (nSPS) is 19.1. The Labute approximate surface area is 154 Å². The molecular weight excluding hydrogens is 358 g/mol. The summed E-state index contributed by atoms with van der Waals surface area (Å²) in [5.41, 5.74) is 0.264. The van der Waals surface area contributed by atoms with E-state index in [0.29, 0.717) is 5.69 Å². The Kier molecular flexibility index (Phi) is 5.49. The van der Waals surface area contributed by atoms with Crippen molar-refractivity contribution in [3.8, 4) is 5.75 Å². The minimum absolute atomic E-state index is 0.0361. The molecule has 3 amide bonds. The number of hydrogen-bond acceptors (Lipinski definition) is 4. The number of nitrogens with one attached hydrogen (secondary N) is 3. The predicted molar refractivity (Wildman–Crippen MR) is 93.5 cm³/mol. The highest BCUT2D eigenvalue weighted by molar-refractivity contribution is 5.89. The smallest absolute Gasteiger partial charge is 0.319 e. The molecule has 2 heterocycles. The van der Waals surface area contributed by atoms with Gasteiger partial charge < -0.3 is 20.7 Å². The third kappa shape index (κ3) is 4.30. The number of halogens is 2. The third-order valence-electron chi connectivity index (χ3n) is 4.32. The molecule has 0 aliphatic carbocycles. The largest absolute Gasteiger partial charge is 0.497 e. The summed E-state index contributed by atoms with van der Waals surface area (Å²) >= 11 is 0. The van der Waals surface area contributed by atoms with Crippen molar-refractivity contribution in [3.05, 3.63) is 53.9 Å². The van der Waals surface area contributed by atoms with Crippen LogP contribution in [0.2, 0.25) is 0 Å². The minimum atomic E-state index is -0.854. The maximum atomic E-state index is 14.5. The predicted octanol–water partition coefficient (Wildman–Crippen LogP) is 2.16. The Hall–Kier alpha value is -3.23. The molecule has 0 saturated carbocycles. The number of anilines is 1. The minimum Gasteiger partial charge on any atom is -0.497 e. The van der Waals surface area contributed by atoms with E-state index in [1.807, 2.05) is 0 Å². The highest BCUT2D eigenvalue weighted by atomic mass is 19.1. The van der Waals surface area contributed by atoms with Gasteiger partial charge in [-0.3, -0.25) is 9.78 Å². The van der Waals surface area contributed by atoms with E-state index in [1.165, 1.54) is 19.5 Å². The first kappa shape index (κ1) is 18.6. The molecule has 1 saturated heterocycles. The molecule has 1 aliphatic rings. The molecule has 0 bridgehead atoms. The average Bonchev–Trinajstić information content (AvgIpc) is 2.64. The molecule has 0 radical (unpaired) electrons. The van der Waals surface area contributed by atoms with E-state index in [9.17, 15) is 18.4 Å². The number of piperidine rings is 1. The molecule has 3 N–H and O–H groups in total. The molecule has 1 aromatic heterocycles. The van der Waals surface area contributed by atoms with Gasteiger partial charge in [0.2, 0.25) is 5.91 Å². The number of urea groups is 1. The standard InChI is InChI=1S/C18H18F2N4O3/c1-27-11-6-13(19)17(14(20)7-11)12-8-16(25)22-9-15(12)24-18(26)23-10-2-4-21-5-3-10/h2-7,12,15H,8-9H2,1H3,(H,22,25)(H2,21,23,24,26)/t12-,15-/m1/s1. The van der Waals surface area contributed by atoms with Gasteiger partial charge in [0.05, 0.1) is 13.2 Å². The van der Waals surface area contributed by atoms with Gasteiger partial charge in [-0.2, -0.15) is 0 Å². The second-order valence-electron chi connectivity index (χ2n) is 6.06. The Morgan fingerprint density at radius 2 is 1.93 bits per heavy atom. The first-order valence-electron chi connectivity index (χ1n) is 8.25. The van der Waals surface area contributed by atoms with Crippen LogP contribution in [0.4, 0.5) is 19.3 Å². The van der Waals surface area contributed by atoms with Gasteiger partial charge in [0, 0.05) is 54.7 Å². The SMILES string of the molecule is COc1cc(F)c([C@@H]2CC(=O)NC[C@H]2NC(=O)Nc2ccncc2)c(F)c1. The maximum Gasteiger partial charge on any atom is 0.319 e. The number of pyridine rings is 1. The van der Waals surface area contributed by atoms with E-state index < -0.39 is 29.6 Å². The number of nitrogens with zero attached hydrogens (tertiary/aromatic N) is 1. The number of benzene rings is 1. The van der Waals surface area contributed by atoms with Crippen molar-refractivity contribution in [2.24, 2.45) is 0 Å². The number of carbonyl (C=O) groups excluding carboxylic acids is 2. The molecule has 27 heavy (non-hydrogen) atoms. The van der Waals surface area contributed by atoms with Crippen LogP contribution in [0.3, 0.4) is 0 Å². The lowest BCUT2D eigenvalue weighted by Crippen LogP contribution is -2.53. The van der Waals surface area contributed by atoms with Gasteiger partial charge in [0.1, 0.15) is 17.4 Å². The number of carbonyl (C=O) groups is 2. The van der Waals surface area contributed by atoms with Crippen LogP contribution in [-0.4, -0.2) is 36.6 Å². The first-order chi connectivity index (χ1) is 13.0. The summed E-state index contributed by atoms with van der Waals surface area (Å²) < 4.78 is 33.8. The van der Waals surface area contributed by atoms with Gasteiger partial charge in [0.25, 0.3) is 0 Å². The molecule has 3 rings (SSSR count). The summed E-state index contributed by atoms with van der Waals surface area (Å²) in [7, 11) is 1.30. The summed E-state index contributed by atoms with van der Waals surface area (Å²) in [6.07, 6.45) is 2.88.